The van der Waals surface area contributed by atoms with Gasteiger partial charge in [0, 0.05) is 25.5 Å². The second kappa shape index (κ2) is 8.13. The van der Waals surface area contributed by atoms with Crippen LogP contribution in [0.15, 0.2) is 36.7 Å². The highest BCUT2D eigenvalue weighted by atomic mass is 19.1. The molecule has 0 saturated carbocycles. The molecule has 2 aromatic rings. The lowest BCUT2D eigenvalue weighted by Crippen LogP contribution is -2.35. The third-order valence-electron chi connectivity index (χ3n) is 3.13. The number of esters is 1. The number of carbonyl (C=O) groups is 2. The molecular weight excluding hydrogens is 334 g/mol. The van der Waals surface area contributed by atoms with Crippen LogP contribution in [0.4, 0.5) is 20.4 Å². The fraction of sp³-hybridized carbons (Fsp3) is 0.250. The molecule has 0 aliphatic carbocycles. The lowest BCUT2D eigenvalue weighted by Gasteiger charge is -2.18. The Bertz CT molecular complexity index is 758. The van der Waals surface area contributed by atoms with E-state index in [9.17, 15) is 18.4 Å². The van der Waals surface area contributed by atoms with Crippen molar-refractivity contribution in [3.63, 3.8) is 0 Å². The number of amides is 1. The molecular formula is C16H16F2N4O3. The van der Waals surface area contributed by atoms with Crippen LogP contribution in [0.5, 0.6) is 0 Å². The van der Waals surface area contributed by atoms with Crippen LogP contribution >= 0.6 is 0 Å². The highest BCUT2D eigenvalue weighted by Crippen LogP contribution is 2.15. The summed E-state index contributed by atoms with van der Waals surface area (Å²) in [5, 5.41) is 2.23. The molecule has 1 atom stereocenters. The summed E-state index contributed by atoms with van der Waals surface area (Å²) in [6, 6.07) is 4.36. The summed E-state index contributed by atoms with van der Waals surface area (Å²) in [4.78, 5) is 33.2. The molecule has 0 fully saturated rings. The van der Waals surface area contributed by atoms with E-state index < -0.39 is 29.6 Å². The Balaban J connectivity index is 1.88. The van der Waals surface area contributed by atoms with Crippen LogP contribution in [0.1, 0.15) is 6.92 Å². The highest BCUT2D eigenvalue weighted by Gasteiger charge is 2.20. The number of nitrogens with zero attached hydrogens (tertiary/aromatic N) is 3. The van der Waals surface area contributed by atoms with Gasteiger partial charge in [0.1, 0.15) is 18.2 Å². The van der Waals surface area contributed by atoms with Crippen molar-refractivity contribution in [2.24, 2.45) is 0 Å². The Morgan fingerprint density at radius 1 is 1.28 bits per heavy atom. The predicted octanol–water partition coefficient (Wildman–Crippen LogP) is 1.76. The first kappa shape index (κ1) is 18.2. The number of anilines is 2. The van der Waals surface area contributed by atoms with Crippen LogP contribution in [-0.2, 0) is 14.3 Å². The van der Waals surface area contributed by atoms with Crippen LogP contribution in [-0.4, -0.2) is 41.5 Å². The van der Waals surface area contributed by atoms with Gasteiger partial charge in [-0.2, -0.15) is 0 Å². The van der Waals surface area contributed by atoms with Gasteiger partial charge in [0.2, 0.25) is 5.95 Å². The fourth-order valence-corrected chi connectivity index (χ4v) is 1.87. The Hall–Kier alpha value is -3.10. The third kappa shape index (κ3) is 5.20. The molecule has 1 heterocycles. The van der Waals surface area contributed by atoms with Crippen molar-refractivity contribution in [3.05, 3.63) is 48.3 Å². The van der Waals surface area contributed by atoms with Gasteiger partial charge in [-0.3, -0.25) is 9.59 Å². The molecule has 2 rings (SSSR count). The lowest BCUT2D eigenvalue weighted by molar-refractivity contribution is -0.151. The normalized spacial score (nSPS) is 11.5. The SMILES string of the molecule is CC(OC(=O)CN(C)c1ncccn1)C(=O)Nc1ccc(F)cc1F. The van der Waals surface area contributed by atoms with E-state index in [0.717, 1.165) is 12.1 Å². The molecule has 25 heavy (non-hydrogen) atoms. The third-order valence-corrected chi connectivity index (χ3v) is 3.13. The maximum atomic E-state index is 13.5. The van der Waals surface area contributed by atoms with E-state index in [1.54, 1.807) is 13.1 Å². The minimum Gasteiger partial charge on any atom is -0.451 e. The highest BCUT2D eigenvalue weighted by molar-refractivity contribution is 5.95. The van der Waals surface area contributed by atoms with Gasteiger partial charge in [-0.25, -0.2) is 18.7 Å². The first-order valence-corrected chi connectivity index (χ1v) is 7.30. The number of rotatable bonds is 6. The number of ether oxygens (including phenoxy) is 1. The van der Waals surface area contributed by atoms with E-state index in [1.165, 1.54) is 24.2 Å². The fourth-order valence-electron chi connectivity index (χ4n) is 1.87. The molecule has 1 N–H and O–H groups in total. The van der Waals surface area contributed by atoms with Crippen molar-refractivity contribution in [1.29, 1.82) is 0 Å². The summed E-state index contributed by atoms with van der Waals surface area (Å²) in [5.41, 5.74) is -0.205. The van der Waals surface area contributed by atoms with Crippen molar-refractivity contribution in [3.8, 4) is 0 Å². The van der Waals surface area contributed by atoms with E-state index >= 15 is 0 Å². The summed E-state index contributed by atoms with van der Waals surface area (Å²) in [7, 11) is 1.59. The first-order chi connectivity index (χ1) is 11.9. The Morgan fingerprint density at radius 3 is 2.60 bits per heavy atom. The molecule has 0 spiro atoms. The van der Waals surface area contributed by atoms with E-state index in [1.807, 2.05) is 0 Å². The maximum Gasteiger partial charge on any atom is 0.326 e. The zero-order chi connectivity index (χ0) is 18.4. The molecule has 0 aliphatic heterocycles. The number of likely N-dealkylation sites (N-methyl/N-ethyl adjacent to an activating group) is 1. The number of hydrogen-bond donors (Lipinski definition) is 1. The smallest absolute Gasteiger partial charge is 0.326 e. The average molecular weight is 350 g/mol. The van der Waals surface area contributed by atoms with Crippen molar-refractivity contribution in [2.45, 2.75) is 13.0 Å². The summed E-state index contributed by atoms with van der Waals surface area (Å²) in [5.74, 6) is -2.78. The standard InChI is InChI=1S/C16H16F2N4O3/c1-10(15(24)21-13-5-4-11(17)8-12(13)18)25-14(23)9-22(2)16-19-6-3-7-20-16/h3-8,10H,9H2,1-2H3,(H,21,24). The summed E-state index contributed by atoms with van der Waals surface area (Å²) < 4.78 is 31.3. The summed E-state index contributed by atoms with van der Waals surface area (Å²) in [6.45, 7) is 1.17. The second-order valence-electron chi connectivity index (χ2n) is 5.15. The molecule has 7 nitrogen and oxygen atoms in total. The Kier molecular flexibility index (Phi) is 5.93. The first-order valence-electron chi connectivity index (χ1n) is 7.30. The average Bonchev–Trinajstić information content (AvgIpc) is 2.57. The molecule has 0 bridgehead atoms. The topological polar surface area (TPSA) is 84.4 Å². The van der Waals surface area contributed by atoms with Crippen LogP contribution in [0, 0.1) is 11.6 Å². The molecule has 0 radical (unpaired) electrons. The van der Waals surface area contributed by atoms with Crippen molar-refractivity contribution in [1.82, 2.24) is 9.97 Å². The number of benzene rings is 1. The molecule has 132 valence electrons. The monoisotopic (exact) mass is 350 g/mol. The van der Waals surface area contributed by atoms with Gasteiger partial charge >= 0.3 is 5.97 Å². The van der Waals surface area contributed by atoms with E-state index in [0.29, 0.717) is 12.0 Å². The maximum absolute atomic E-state index is 13.5. The van der Waals surface area contributed by atoms with Gasteiger partial charge in [0.05, 0.1) is 5.69 Å². The van der Waals surface area contributed by atoms with E-state index in [2.05, 4.69) is 15.3 Å². The number of carbonyl (C=O) groups excluding carboxylic acids is 2. The van der Waals surface area contributed by atoms with Gasteiger partial charge in [-0.15, -0.1) is 0 Å². The van der Waals surface area contributed by atoms with Gasteiger partial charge in [0.15, 0.2) is 6.10 Å². The number of hydrogen-bond acceptors (Lipinski definition) is 6. The van der Waals surface area contributed by atoms with Crippen LogP contribution in [0.2, 0.25) is 0 Å². The van der Waals surface area contributed by atoms with E-state index in [4.69, 9.17) is 4.74 Å². The van der Waals surface area contributed by atoms with Gasteiger partial charge < -0.3 is 15.0 Å². The predicted molar refractivity (Wildman–Crippen MR) is 85.8 cm³/mol. The molecule has 0 saturated heterocycles. The van der Waals surface area contributed by atoms with E-state index in [-0.39, 0.29) is 12.2 Å². The Labute approximate surface area is 142 Å². The largest absolute Gasteiger partial charge is 0.451 e. The van der Waals surface area contributed by atoms with Gasteiger partial charge in [0.25, 0.3) is 5.91 Å². The molecule has 1 aromatic carbocycles. The minimum atomic E-state index is -1.16. The summed E-state index contributed by atoms with van der Waals surface area (Å²) in [6.07, 6.45) is 1.89. The lowest BCUT2D eigenvalue weighted by atomic mass is 10.2. The molecule has 9 heteroatoms. The quantitative estimate of drug-likeness (QED) is 0.799. The zero-order valence-corrected chi connectivity index (χ0v) is 13.6. The molecule has 0 aliphatic rings. The van der Waals surface area contributed by atoms with Gasteiger partial charge in [-0.05, 0) is 25.1 Å². The second-order valence-corrected chi connectivity index (χ2v) is 5.15. The van der Waals surface area contributed by atoms with Crippen LogP contribution in [0.3, 0.4) is 0 Å². The van der Waals surface area contributed by atoms with Crippen molar-refractivity contribution < 1.29 is 23.1 Å². The van der Waals surface area contributed by atoms with Gasteiger partial charge in [-0.1, -0.05) is 0 Å². The van der Waals surface area contributed by atoms with Crippen LogP contribution < -0.4 is 10.2 Å². The number of halogens is 2. The summed E-state index contributed by atoms with van der Waals surface area (Å²) >= 11 is 0. The van der Waals surface area contributed by atoms with Crippen molar-refractivity contribution in [2.75, 3.05) is 23.8 Å². The zero-order valence-electron chi connectivity index (χ0n) is 13.6. The molecule has 1 amide bonds. The minimum absolute atomic E-state index is 0.174. The molecule has 1 unspecified atom stereocenters. The Morgan fingerprint density at radius 2 is 1.96 bits per heavy atom. The number of nitrogens with one attached hydrogen (secondary N) is 1. The van der Waals surface area contributed by atoms with Crippen molar-refractivity contribution >= 4 is 23.5 Å². The van der Waals surface area contributed by atoms with Crippen LogP contribution in [0.25, 0.3) is 0 Å². The number of aromatic nitrogens is 2. The molecule has 1 aromatic heterocycles.